The normalized spacial score (nSPS) is 34.1. The molecule has 0 amide bonds. The van der Waals surface area contributed by atoms with Crippen molar-refractivity contribution in [3.05, 3.63) is 105 Å². The highest BCUT2D eigenvalue weighted by molar-refractivity contribution is 5.83. The maximum Gasteiger partial charge on any atom is 0.150 e. The Morgan fingerprint density at radius 3 is 1.30 bits per heavy atom. The summed E-state index contributed by atoms with van der Waals surface area (Å²) in [6.07, 6.45) is 1.89. The van der Waals surface area contributed by atoms with Crippen molar-refractivity contribution >= 4 is 12.6 Å². The Morgan fingerprint density at radius 1 is 0.533 bits per heavy atom. The van der Waals surface area contributed by atoms with Crippen LogP contribution in [0, 0.1) is 5.41 Å². The van der Waals surface area contributed by atoms with E-state index >= 15 is 0 Å². The summed E-state index contributed by atoms with van der Waals surface area (Å²) in [5, 5.41) is 0. The highest BCUT2D eigenvalue weighted by atomic mass is 16.1. The van der Waals surface area contributed by atoms with Gasteiger partial charge in [0.2, 0.25) is 0 Å². The number of rotatable bonds is 2. The van der Waals surface area contributed by atoms with Crippen molar-refractivity contribution in [3.8, 4) is 0 Å². The average molecular weight is 392 g/mol. The van der Waals surface area contributed by atoms with Crippen molar-refractivity contribution in [3.63, 3.8) is 0 Å². The van der Waals surface area contributed by atoms with Crippen LogP contribution in [0.25, 0.3) is 0 Å². The van der Waals surface area contributed by atoms with Gasteiger partial charge in [0.05, 0.1) is 0 Å². The summed E-state index contributed by atoms with van der Waals surface area (Å²) >= 11 is 0. The third-order valence-electron chi connectivity index (χ3n) is 9.52. The topological polar surface area (TPSA) is 34.1 Å². The van der Waals surface area contributed by atoms with Gasteiger partial charge in [0, 0.05) is 32.8 Å². The van der Waals surface area contributed by atoms with E-state index in [1.807, 2.05) is 12.1 Å². The summed E-state index contributed by atoms with van der Waals surface area (Å²) in [6.45, 7) is 9.52. The SMILES string of the molecule is C[C@]12c3ccccc3[C@]3(C)c4cc(C=O)ccc4[C@](C)(c4cc(C=O)ccc41)[C@]23C. The second-order valence-electron chi connectivity index (χ2n) is 9.89. The molecule has 0 unspecified atom stereocenters. The Balaban J connectivity index is 1.88. The summed E-state index contributed by atoms with van der Waals surface area (Å²) in [4.78, 5) is 23.3. The molecule has 0 heterocycles. The van der Waals surface area contributed by atoms with Crippen LogP contribution < -0.4 is 0 Å². The van der Waals surface area contributed by atoms with Crippen molar-refractivity contribution in [2.45, 2.75) is 43.9 Å². The average Bonchev–Trinajstić information content (AvgIpc) is 3.14. The minimum atomic E-state index is -0.277. The molecule has 0 N–H and O–H groups in total. The third kappa shape index (κ3) is 1.41. The molecule has 0 radical (unpaired) electrons. The van der Waals surface area contributed by atoms with E-state index in [4.69, 9.17) is 0 Å². The summed E-state index contributed by atoms with van der Waals surface area (Å²) in [5.41, 5.74) is 8.34. The standard InChI is InChI=1S/C28H24O2/c1-25-19-7-5-6-8-20(19)26(2)24-14-18(16-30)10-12-22(24)27(3,28(25,26)4)23-13-17(15-29)9-11-21(23)25/h5-16H,1-4H3/t25-,26+,27+,28+/m0/s1. The Labute approximate surface area is 177 Å². The molecule has 3 aromatic rings. The predicted octanol–water partition coefficient (Wildman–Crippen LogP) is 5.58. The molecule has 3 aliphatic carbocycles. The predicted molar refractivity (Wildman–Crippen MR) is 118 cm³/mol. The molecule has 0 saturated heterocycles. The van der Waals surface area contributed by atoms with E-state index in [2.05, 4.69) is 76.2 Å². The minimum Gasteiger partial charge on any atom is -0.298 e. The lowest BCUT2D eigenvalue weighted by Gasteiger charge is -2.49. The maximum atomic E-state index is 11.7. The van der Waals surface area contributed by atoms with Crippen LogP contribution in [0.2, 0.25) is 0 Å². The van der Waals surface area contributed by atoms with Gasteiger partial charge in [0.15, 0.2) is 0 Å². The number of aldehydes is 2. The fourth-order valence-corrected chi connectivity index (χ4v) is 7.88. The number of hydrogen-bond donors (Lipinski definition) is 0. The zero-order valence-corrected chi connectivity index (χ0v) is 17.7. The van der Waals surface area contributed by atoms with Crippen molar-refractivity contribution in [1.82, 2.24) is 0 Å². The molecule has 0 bridgehead atoms. The van der Waals surface area contributed by atoms with Crippen LogP contribution >= 0.6 is 0 Å². The van der Waals surface area contributed by atoms with Crippen molar-refractivity contribution < 1.29 is 9.59 Å². The first-order valence-corrected chi connectivity index (χ1v) is 10.6. The van der Waals surface area contributed by atoms with Crippen molar-refractivity contribution in [2.75, 3.05) is 0 Å². The van der Waals surface area contributed by atoms with E-state index in [0.717, 1.165) is 23.7 Å². The Morgan fingerprint density at radius 2 is 0.900 bits per heavy atom. The van der Waals surface area contributed by atoms with Crippen molar-refractivity contribution in [2.24, 2.45) is 5.41 Å². The lowest BCUT2D eigenvalue weighted by molar-refractivity contribution is 0.0996. The Bertz CT molecular complexity index is 1290. The molecule has 3 aliphatic rings. The molecule has 4 atom stereocenters. The van der Waals surface area contributed by atoms with E-state index in [0.29, 0.717) is 0 Å². The van der Waals surface area contributed by atoms with Gasteiger partial charge in [-0.3, -0.25) is 9.59 Å². The van der Waals surface area contributed by atoms with Gasteiger partial charge in [-0.25, -0.2) is 0 Å². The molecule has 6 rings (SSSR count). The second kappa shape index (κ2) is 5.00. The fraction of sp³-hybridized carbons (Fsp3) is 0.286. The van der Waals surface area contributed by atoms with Gasteiger partial charge in [0.25, 0.3) is 0 Å². The first-order chi connectivity index (χ1) is 14.3. The highest BCUT2D eigenvalue weighted by Gasteiger charge is 2.79. The molecular formula is C28H24O2. The van der Waals surface area contributed by atoms with E-state index < -0.39 is 0 Å². The number of fused-ring (bicyclic) bond motifs is 9. The molecule has 0 saturated carbocycles. The number of benzene rings is 3. The summed E-state index contributed by atoms with van der Waals surface area (Å²) in [7, 11) is 0. The maximum absolute atomic E-state index is 11.7. The van der Waals surface area contributed by atoms with Gasteiger partial charge >= 0.3 is 0 Å². The van der Waals surface area contributed by atoms with E-state index in [9.17, 15) is 9.59 Å². The lowest BCUT2D eigenvalue weighted by atomic mass is 9.52. The lowest BCUT2D eigenvalue weighted by Crippen LogP contribution is -2.51. The van der Waals surface area contributed by atoms with Crippen LogP contribution in [-0.2, 0) is 16.2 Å². The molecule has 0 fully saturated rings. The van der Waals surface area contributed by atoms with Crippen LogP contribution in [0.15, 0.2) is 60.7 Å². The van der Waals surface area contributed by atoms with E-state index in [1.165, 1.54) is 33.4 Å². The molecule has 2 heteroatoms. The molecule has 0 spiro atoms. The van der Waals surface area contributed by atoms with Gasteiger partial charge in [-0.1, -0.05) is 76.2 Å². The van der Waals surface area contributed by atoms with Crippen LogP contribution in [0.1, 0.15) is 81.8 Å². The minimum absolute atomic E-state index is 0.176. The molecule has 2 nitrogen and oxygen atoms in total. The molecule has 148 valence electrons. The van der Waals surface area contributed by atoms with Gasteiger partial charge in [-0.05, 0) is 45.5 Å². The van der Waals surface area contributed by atoms with Gasteiger partial charge in [-0.2, -0.15) is 0 Å². The van der Waals surface area contributed by atoms with Crippen LogP contribution in [0.5, 0.6) is 0 Å². The van der Waals surface area contributed by atoms with Crippen LogP contribution in [0.4, 0.5) is 0 Å². The monoisotopic (exact) mass is 392 g/mol. The smallest absolute Gasteiger partial charge is 0.150 e. The van der Waals surface area contributed by atoms with E-state index in [1.54, 1.807) is 0 Å². The quantitative estimate of drug-likeness (QED) is 0.534. The molecule has 30 heavy (non-hydrogen) atoms. The molecule has 0 aliphatic heterocycles. The largest absolute Gasteiger partial charge is 0.298 e. The third-order valence-corrected chi connectivity index (χ3v) is 9.52. The summed E-state index contributed by atoms with van der Waals surface area (Å²) in [6, 6.07) is 21.2. The Hall–Kier alpha value is -3.00. The molecular weight excluding hydrogens is 368 g/mol. The number of carbonyl (C=O) groups is 2. The van der Waals surface area contributed by atoms with Gasteiger partial charge in [-0.15, -0.1) is 0 Å². The van der Waals surface area contributed by atoms with E-state index in [-0.39, 0.29) is 21.7 Å². The fourth-order valence-electron chi connectivity index (χ4n) is 7.88. The number of hydrogen-bond acceptors (Lipinski definition) is 2. The zero-order valence-electron chi connectivity index (χ0n) is 17.7. The summed E-state index contributed by atoms with van der Waals surface area (Å²) < 4.78 is 0. The highest BCUT2D eigenvalue weighted by Crippen LogP contribution is 2.82. The second-order valence-corrected chi connectivity index (χ2v) is 9.89. The zero-order chi connectivity index (χ0) is 21.1. The Kier molecular flexibility index (Phi) is 2.97. The summed E-state index contributed by atoms with van der Waals surface area (Å²) in [5.74, 6) is 0. The number of carbonyl (C=O) groups excluding carboxylic acids is 2. The molecule has 0 aromatic heterocycles. The molecule has 3 aromatic carbocycles. The first kappa shape index (κ1) is 17.8. The van der Waals surface area contributed by atoms with Crippen molar-refractivity contribution in [1.29, 1.82) is 0 Å². The van der Waals surface area contributed by atoms with Crippen LogP contribution in [0.3, 0.4) is 0 Å². The first-order valence-electron chi connectivity index (χ1n) is 10.6. The van der Waals surface area contributed by atoms with Gasteiger partial charge in [0.1, 0.15) is 12.6 Å². The van der Waals surface area contributed by atoms with Crippen LogP contribution in [-0.4, -0.2) is 12.6 Å². The van der Waals surface area contributed by atoms with Gasteiger partial charge < -0.3 is 0 Å².